The summed E-state index contributed by atoms with van der Waals surface area (Å²) in [6.45, 7) is 0. The first-order chi connectivity index (χ1) is 9.19. The molecule has 1 N–H and O–H groups in total. The number of nitrogens with zero attached hydrogens (tertiary/aromatic N) is 1. The van der Waals surface area contributed by atoms with E-state index < -0.39 is 5.95 Å². The summed E-state index contributed by atoms with van der Waals surface area (Å²) < 4.78 is 17.8. The van der Waals surface area contributed by atoms with Gasteiger partial charge in [0.2, 0.25) is 11.9 Å². The molecule has 0 bridgehead atoms. The highest BCUT2D eigenvalue weighted by Crippen LogP contribution is 2.18. The van der Waals surface area contributed by atoms with E-state index in [9.17, 15) is 9.18 Å². The van der Waals surface area contributed by atoms with Crippen LogP contribution in [0.3, 0.4) is 0 Å². The highest BCUT2D eigenvalue weighted by atomic mass is 19.1. The molecule has 1 heterocycles. The van der Waals surface area contributed by atoms with Crippen molar-refractivity contribution in [1.29, 1.82) is 0 Å². The molecule has 0 unspecified atom stereocenters. The number of anilines is 1. The fraction of sp³-hybridized carbons (Fsp3) is 0.143. The van der Waals surface area contributed by atoms with Crippen molar-refractivity contribution < 1.29 is 13.9 Å². The zero-order chi connectivity index (χ0) is 13.7. The lowest BCUT2D eigenvalue weighted by Crippen LogP contribution is -2.15. The van der Waals surface area contributed by atoms with Crippen molar-refractivity contribution >= 4 is 11.6 Å². The van der Waals surface area contributed by atoms with Crippen LogP contribution in [-0.2, 0) is 11.2 Å². The fourth-order valence-electron chi connectivity index (χ4n) is 1.68. The summed E-state index contributed by atoms with van der Waals surface area (Å²) in [6, 6.07) is 9.94. The molecule has 1 amide bonds. The predicted molar refractivity (Wildman–Crippen MR) is 69.5 cm³/mol. The Kier molecular flexibility index (Phi) is 4.07. The lowest BCUT2D eigenvalue weighted by atomic mass is 10.1. The number of pyridine rings is 1. The SMILES string of the molecule is COc1ccccc1CC(=O)Nc1ccc(F)nc1. The number of halogens is 1. The van der Waals surface area contributed by atoms with E-state index in [0.717, 1.165) is 5.56 Å². The molecule has 1 aromatic heterocycles. The number of carbonyl (C=O) groups excluding carboxylic acids is 1. The number of para-hydroxylation sites is 1. The van der Waals surface area contributed by atoms with E-state index in [1.54, 1.807) is 13.2 Å². The minimum absolute atomic E-state index is 0.182. The number of aromatic nitrogens is 1. The molecule has 0 saturated carbocycles. The van der Waals surface area contributed by atoms with Gasteiger partial charge in [-0.1, -0.05) is 18.2 Å². The molecule has 0 atom stereocenters. The van der Waals surface area contributed by atoms with Crippen LogP contribution in [0.15, 0.2) is 42.6 Å². The Morgan fingerprint density at radius 2 is 2.11 bits per heavy atom. The second-order valence-corrected chi connectivity index (χ2v) is 3.91. The van der Waals surface area contributed by atoms with E-state index in [2.05, 4.69) is 10.3 Å². The average molecular weight is 260 g/mol. The van der Waals surface area contributed by atoms with E-state index in [1.165, 1.54) is 18.3 Å². The quantitative estimate of drug-likeness (QED) is 0.859. The summed E-state index contributed by atoms with van der Waals surface area (Å²) in [7, 11) is 1.56. The van der Waals surface area contributed by atoms with Crippen LogP contribution in [0.2, 0.25) is 0 Å². The highest BCUT2D eigenvalue weighted by molar-refractivity contribution is 5.92. The first-order valence-corrected chi connectivity index (χ1v) is 5.72. The number of nitrogens with one attached hydrogen (secondary N) is 1. The lowest BCUT2D eigenvalue weighted by molar-refractivity contribution is -0.115. The molecular formula is C14H13FN2O2. The van der Waals surface area contributed by atoms with E-state index in [1.807, 2.05) is 18.2 Å². The zero-order valence-electron chi connectivity index (χ0n) is 10.4. The van der Waals surface area contributed by atoms with Gasteiger partial charge in [-0.05, 0) is 18.2 Å². The second-order valence-electron chi connectivity index (χ2n) is 3.91. The third kappa shape index (κ3) is 3.51. The van der Waals surface area contributed by atoms with Crippen LogP contribution in [-0.4, -0.2) is 18.0 Å². The Hall–Kier alpha value is -2.43. The van der Waals surface area contributed by atoms with Gasteiger partial charge in [0.25, 0.3) is 0 Å². The van der Waals surface area contributed by atoms with Gasteiger partial charge < -0.3 is 10.1 Å². The molecule has 1 aromatic carbocycles. The number of amides is 1. The van der Waals surface area contributed by atoms with Gasteiger partial charge in [-0.25, -0.2) is 4.98 Å². The van der Waals surface area contributed by atoms with Gasteiger partial charge in [0.15, 0.2) is 0 Å². The number of carbonyl (C=O) groups is 1. The Morgan fingerprint density at radius 1 is 1.32 bits per heavy atom. The molecule has 4 nitrogen and oxygen atoms in total. The number of methoxy groups -OCH3 is 1. The Bertz CT molecular complexity index is 570. The number of ether oxygens (including phenoxy) is 1. The third-order valence-electron chi connectivity index (χ3n) is 2.55. The van der Waals surface area contributed by atoms with Gasteiger partial charge in [-0.2, -0.15) is 4.39 Å². The predicted octanol–water partition coefficient (Wildman–Crippen LogP) is 2.41. The topological polar surface area (TPSA) is 51.2 Å². The average Bonchev–Trinajstić information content (AvgIpc) is 2.42. The monoisotopic (exact) mass is 260 g/mol. The molecule has 0 aliphatic rings. The van der Waals surface area contributed by atoms with Gasteiger partial charge in [0.05, 0.1) is 25.4 Å². The van der Waals surface area contributed by atoms with Crippen LogP contribution in [0.4, 0.5) is 10.1 Å². The van der Waals surface area contributed by atoms with Crippen molar-refractivity contribution in [3.8, 4) is 5.75 Å². The fourth-order valence-corrected chi connectivity index (χ4v) is 1.68. The van der Waals surface area contributed by atoms with Gasteiger partial charge in [-0.15, -0.1) is 0 Å². The molecule has 0 fully saturated rings. The van der Waals surface area contributed by atoms with Crippen LogP contribution < -0.4 is 10.1 Å². The number of rotatable bonds is 4. The molecule has 0 spiro atoms. The van der Waals surface area contributed by atoms with Gasteiger partial charge >= 0.3 is 0 Å². The minimum Gasteiger partial charge on any atom is -0.496 e. The molecule has 0 aliphatic carbocycles. The normalized spacial score (nSPS) is 10.0. The summed E-state index contributed by atoms with van der Waals surface area (Å²) in [4.78, 5) is 15.3. The maximum atomic E-state index is 12.6. The second kappa shape index (κ2) is 5.95. The molecule has 19 heavy (non-hydrogen) atoms. The summed E-state index contributed by atoms with van der Waals surface area (Å²) in [5.74, 6) is -0.129. The highest BCUT2D eigenvalue weighted by Gasteiger charge is 2.08. The minimum atomic E-state index is -0.581. The summed E-state index contributed by atoms with van der Waals surface area (Å²) in [5.41, 5.74) is 1.25. The maximum absolute atomic E-state index is 12.6. The first kappa shape index (κ1) is 13.0. The standard InChI is InChI=1S/C14H13FN2O2/c1-19-12-5-3-2-4-10(12)8-14(18)17-11-6-7-13(15)16-9-11/h2-7,9H,8H2,1H3,(H,17,18). The van der Waals surface area contributed by atoms with Gasteiger partial charge in [0.1, 0.15) is 5.75 Å². The molecule has 98 valence electrons. The van der Waals surface area contributed by atoms with Crippen molar-refractivity contribution in [2.75, 3.05) is 12.4 Å². The molecule has 0 aliphatic heterocycles. The van der Waals surface area contributed by atoms with E-state index in [-0.39, 0.29) is 12.3 Å². The number of benzene rings is 1. The van der Waals surface area contributed by atoms with Gasteiger partial charge in [0, 0.05) is 5.56 Å². The molecular weight excluding hydrogens is 247 g/mol. The van der Waals surface area contributed by atoms with Crippen LogP contribution >= 0.6 is 0 Å². The van der Waals surface area contributed by atoms with Crippen LogP contribution in [0.25, 0.3) is 0 Å². The molecule has 0 radical (unpaired) electrons. The van der Waals surface area contributed by atoms with E-state index in [0.29, 0.717) is 11.4 Å². The molecule has 2 aromatic rings. The zero-order valence-corrected chi connectivity index (χ0v) is 10.4. The summed E-state index contributed by atoms with van der Waals surface area (Å²) in [5, 5.41) is 2.65. The summed E-state index contributed by atoms with van der Waals surface area (Å²) >= 11 is 0. The number of hydrogen-bond donors (Lipinski definition) is 1. The Balaban J connectivity index is 2.03. The lowest BCUT2D eigenvalue weighted by Gasteiger charge is -2.08. The van der Waals surface area contributed by atoms with Crippen LogP contribution in [0.5, 0.6) is 5.75 Å². The van der Waals surface area contributed by atoms with Crippen molar-refractivity contribution in [2.45, 2.75) is 6.42 Å². The molecule has 2 rings (SSSR count). The molecule has 0 saturated heterocycles. The molecule has 5 heteroatoms. The van der Waals surface area contributed by atoms with Crippen molar-refractivity contribution in [1.82, 2.24) is 4.98 Å². The van der Waals surface area contributed by atoms with Gasteiger partial charge in [-0.3, -0.25) is 4.79 Å². The van der Waals surface area contributed by atoms with Crippen molar-refractivity contribution in [3.05, 3.63) is 54.1 Å². The van der Waals surface area contributed by atoms with E-state index in [4.69, 9.17) is 4.74 Å². The Labute approximate surface area is 110 Å². The summed E-state index contributed by atoms with van der Waals surface area (Å²) in [6.07, 6.45) is 1.46. The largest absolute Gasteiger partial charge is 0.496 e. The van der Waals surface area contributed by atoms with Crippen LogP contribution in [0, 0.1) is 5.95 Å². The first-order valence-electron chi connectivity index (χ1n) is 5.72. The van der Waals surface area contributed by atoms with E-state index >= 15 is 0 Å². The van der Waals surface area contributed by atoms with Crippen molar-refractivity contribution in [2.24, 2.45) is 0 Å². The van der Waals surface area contributed by atoms with Crippen molar-refractivity contribution in [3.63, 3.8) is 0 Å². The van der Waals surface area contributed by atoms with Crippen LogP contribution in [0.1, 0.15) is 5.56 Å². The third-order valence-corrected chi connectivity index (χ3v) is 2.55. The Morgan fingerprint density at radius 3 is 2.79 bits per heavy atom. The maximum Gasteiger partial charge on any atom is 0.228 e. The smallest absolute Gasteiger partial charge is 0.228 e. The number of hydrogen-bond acceptors (Lipinski definition) is 3.